The molecule has 0 aliphatic rings. The van der Waals surface area contributed by atoms with E-state index in [1.807, 2.05) is 0 Å². The van der Waals surface area contributed by atoms with E-state index in [0.717, 1.165) is 0 Å². The second kappa shape index (κ2) is 7.63. The molecule has 1 unspecified atom stereocenters. The van der Waals surface area contributed by atoms with Gasteiger partial charge in [-0.25, -0.2) is 4.79 Å². The summed E-state index contributed by atoms with van der Waals surface area (Å²) in [5.74, 6) is -2.76. The maximum absolute atomic E-state index is 11.2. The molecule has 1 amide bonds. The van der Waals surface area contributed by atoms with E-state index in [1.165, 1.54) is 0 Å². The van der Waals surface area contributed by atoms with Crippen LogP contribution in [0, 0.1) is 0 Å². The molecule has 7 heteroatoms. The Labute approximate surface area is 92.6 Å². The first kappa shape index (κ1) is 14.4. The van der Waals surface area contributed by atoms with Crippen molar-refractivity contribution in [1.29, 1.82) is 0 Å². The normalized spacial score (nSPS) is 11.8. The molecule has 0 fully saturated rings. The first-order chi connectivity index (χ1) is 7.47. The molecule has 0 radical (unpaired) electrons. The summed E-state index contributed by atoms with van der Waals surface area (Å²) in [6.45, 7) is 0.348. The Balaban J connectivity index is 4.07. The average Bonchev–Trinajstić information content (AvgIpc) is 2.20. The zero-order valence-electron chi connectivity index (χ0n) is 8.81. The minimum atomic E-state index is -1.23. The van der Waals surface area contributed by atoms with Crippen molar-refractivity contribution in [1.82, 2.24) is 5.32 Å². The Bertz CT molecular complexity index is 267. The predicted molar refractivity (Wildman–Crippen MR) is 54.7 cm³/mol. The van der Waals surface area contributed by atoms with Crippen LogP contribution in [0.4, 0.5) is 0 Å². The maximum atomic E-state index is 11.2. The van der Waals surface area contributed by atoms with E-state index in [4.69, 9.17) is 15.9 Å². The first-order valence-corrected chi connectivity index (χ1v) is 4.91. The summed E-state index contributed by atoms with van der Waals surface area (Å²) in [7, 11) is 0. The summed E-state index contributed by atoms with van der Waals surface area (Å²) in [5, 5.41) is 19.4. The molecule has 0 aromatic carbocycles. The summed E-state index contributed by atoms with van der Waals surface area (Å²) in [6.07, 6.45) is 0.192. The molecule has 5 N–H and O–H groups in total. The monoisotopic (exact) mass is 232 g/mol. The lowest BCUT2D eigenvalue weighted by Gasteiger charge is -2.13. The van der Waals surface area contributed by atoms with Gasteiger partial charge in [0, 0.05) is 12.8 Å². The number of amides is 1. The standard InChI is InChI=1S/C9H16N2O5/c10-5-1-2-7(12)11-6(9(15)16)3-4-8(13)14/h6H,1-5,10H2,(H,11,12)(H,13,14)(H,15,16). The molecule has 0 spiro atoms. The summed E-state index contributed by atoms with van der Waals surface area (Å²) in [6, 6.07) is -1.15. The van der Waals surface area contributed by atoms with Crippen LogP contribution >= 0.6 is 0 Å². The molecule has 0 heterocycles. The van der Waals surface area contributed by atoms with Crippen LogP contribution in [0.5, 0.6) is 0 Å². The molecular formula is C9H16N2O5. The molecule has 0 aromatic rings. The number of carbonyl (C=O) groups is 3. The minimum absolute atomic E-state index is 0.126. The van der Waals surface area contributed by atoms with E-state index in [9.17, 15) is 14.4 Å². The smallest absolute Gasteiger partial charge is 0.326 e. The fourth-order valence-electron chi connectivity index (χ4n) is 1.05. The third-order valence-electron chi connectivity index (χ3n) is 1.89. The fourth-order valence-corrected chi connectivity index (χ4v) is 1.05. The second-order valence-electron chi connectivity index (χ2n) is 3.28. The number of nitrogens with one attached hydrogen (secondary N) is 1. The Morgan fingerprint density at radius 3 is 2.25 bits per heavy atom. The lowest BCUT2D eigenvalue weighted by molar-refractivity contribution is -0.143. The van der Waals surface area contributed by atoms with E-state index < -0.39 is 23.9 Å². The Hall–Kier alpha value is -1.63. The van der Waals surface area contributed by atoms with Crippen LogP contribution in [0.25, 0.3) is 0 Å². The van der Waals surface area contributed by atoms with E-state index in [-0.39, 0.29) is 19.3 Å². The third kappa shape index (κ3) is 6.77. The molecule has 0 aliphatic carbocycles. The lowest BCUT2D eigenvalue weighted by atomic mass is 10.1. The molecule has 0 aromatic heterocycles. The Kier molecular flexibility index (Phi) is 6.86. The van der Waals surface area contributed by atoms with Crippen LogP contribution in [0.2, 0.25) is 0 Å². The van der Waals surface area contributed by atoms with Crippen molar-refractivity contribution < 1.29 is 24.6 Å². The van der Waals surface area contributed by atoms with Crippen molar-refractivity contribution >= 4 is 17.8 Å². The topological polar surface area (TPSA) is 130 Å². The summed E-state index contributed by atoms with van der Waals surface area (Å²) < 4.78 is 0. The highest BCUT2D eigenvalue weighted by Gasteiger charge is 2.20. The van der Waals surface area contributed by atoms with Crippen LogP contribution in [-0.2, 0) is 14.4 Å². The van der Waals surface area contributed by atoms with Gasteiger partial charge in [-0.05, 0) is 19.4 Å². The predicted octanol–water partition coefficient (Wildman–Crippen LogP) is -0.840. The summed E-state index contributed by atoms with van der Waals surface area (Å²) in [5.41, 5.74) is 5.19. The lowest BCUT2D eigenvalue weighted by Crippen LogP contribution is -2.41. The number of carbonyl (C=O) groups excluding carboxylic acids is 1. The summed E-state index contributed by atoms with van der Waals surface area (Å²) in [4.78, 5) is 32.1. The highest BCUT2D eigenvalue weighted by Crippen LogP contribution is 1.99. The van der Waals surface area contributed by atoms with Crippen molar-refractivity contribution in [3.63, 3.8) is 0 Å². The molecule has 7 nitrogen and oxygen atoms in total. The number of aliphatic carboxylic acids is 2. The van der Waals surface area contributed by atoms with E-state index >= 15 is 0 Å². The van der Waals surface area contributed by atoms with Gasteiger partial charge in [-0.3, -0.25) is 9.59 Å². The average molecular weight is 232 g/mol. The molecule has 16 heavy (non-hydrogen) atoms. The first-order valence-electron chi connectivity index (χ1n) is 4.91. The SMILES string of the molecule is NCCCC(=O)NC(CCC(=O)O)C(=O)O. The zero-order chi connectivity index (χ0) is 12.6. The minimum Gasteiger partial charge on any atom is -0.481 e. The second-order valence-corrected chi connectivity index (χ2v) is 3.28. The van der Waals surface area contributed by atoms with Gasteiger partial charge in [0.1, 0.15) is 6.04 Å². The van der Waals surface area contributed by atoms with Crippen molar-refractivity contribution in [3.05, 3.63) is 0 Å². The number of nitrogens with two attached hydrogens (primary N) is 1. The van der Waals surface area contributed by atoms with Gasteiger partial charge in [0.05, 0.1) is 0 Å². The molecule has 0 rings (SSSR count). The number of rotatable bonds is 8. The van der Waals surface area contributed by atoms with Crippen molar-refractivity contribution in [2.24, 2.45) is 5.73 Å². The molecular weight excluding hydrogens is 216 g/mol. The van der Waals surface area contributed by atoms with Crippen LogP contribution in [0.15, 0.2) is 0 Å². The van der Waals surface area contributed by atoms with Gasteiger partial charge in [0.15, 0.2) is 0 Å². The van der Waals surface area contributed by atoms with Crippen molar-refractivity contribution in [3.8, 4) is 0 Å². The molecule has 0 saturated carbocycles. The van der Waals surface area contributed by atoms with E-state index in [2.05, 4.69) is 5.32 Å². The quantitative estimate of drug-likeness (QED) is 0.431. The van der Waals surface area contributed by atoms with Crippen molar-refractivity contribution in [2.45, 2.75) is 31.7 Å². The van der Waals surface area contributed by atoms with Crippen LogP contribution in [-0.4, -0.2) is 40.6 Å². The number of carboxylic acids is 2. The van der Waals surface area contributed by atoms with E-state index in [0.29, 0.717) is 13.0 Å². The Morgan fingerprint density at radius 1 is 1.19 bits per heavy atom. The van der Waals surface area contributed by atoms with Gasteiger partial charge in [-0.2, -0.15) is 0 Å². The van der Waals surface area contributed by atoms with Crippen molar-refractivity contribution in [2.75, 3.05) is 6.54 Å². The van der Waals surface area contributed by atoms with Gasteiger partial charge in [0.25, 0.3) is 0 Å². The largest absolute Gasteiger partial charge is 0.481 e. The fraction of sp³-hybridized carbons (Fsp3) is 0.667. The van der Waals surface area contributed by atoms with Gasteiger partial charge < -0.3 is 21.3 Å². The van der Waals surface area contributed by atoms with Crippen LogP contribution in [0.3, 0.4) is 0 Å². The number of hydrogen-bond donors (Lipinski definition) is 4. The van der Waals surface area contributed by atoms with Gasteiger partial charge >= 0.3 is 11.9 Å². The molecule has 0 bridgehead atoms. The third-order valence-corrected chi connectivity index (χ3v) is 1.89. The highest BCUT2D eigenvalue weighted by atomic mass is 16.4. The van der Waals surface area contributed by atoms with Crippen LogP contribution < -0.4 is 11.1 Å². The maximum Gasteiger partial charge on any atom is 0.326 e. The van der Waals surface area contributed by atoms with Gasteiger partial charge in [-0.1, -0.05) is 0 Å². The van der Waals surface area contributed by atoms with E-state index in [1.54, 1.807) is 0 Å². The Morgan fingerprint density at radius 2 is 1.81 bits per heavy atom. The van der Waals surface area contributed by atoms with Gasteiger partial charge in [-0.15, -0.1) is 0 Å². The molecule has 0 saturated heterocycles. The highest BCUT2D eigenvalue weighted by molar-refractivity contribution is 5.83. The number of hydrogen-bond acceptors (Lipinski definition) is 4. The molecule has 92 valence electrons. The molecule has 1 atom stereocenters. The zero-order valence-corrected chi connectivity index (χ0v) is 8.81. The summed E-state index contributed by atoms with van der Waals surface area (Å²) >= 11 is 0. The van der Waals surface area contributed by atoms with Crippen LogP contribution in [0.1, 0.15) is 25.7 Å². The molecule has 0 aliphatic heterocycles. The number of carboxylic acid groups (broad SMARTS) is 2. The van der Waals surface area contributed by atoms with Gasteiger partial charge in [0.2, 0.25) is 5.91 Å².